The fourth-order valence-electron chi connectivity index (χ4n) is 17.9. The zero-order valence-corrected chi connectivity index (χ0v) is 70.9. The van der Waals surface area contributed by atoms with Crippen molar-refractivity contribution in [1.82, 2.24) is 47.9 Å². The number of alkyl carbamates (subject to hydrolysis) is 2. The minimum atomic E-state index is -2.41. The maximum atomic E-state index is 16.5. The molecule has 7 heterocycles. The van der Waals surface area contributed by atoms with E-state index in [-0.39, 0.29) is 57.6 Å². The van der Waals surface area contributed by atoms with Gasteiger partial charge in [0.2, 0.25) is 59.3 Å². The van der Waals surface area contributed by atoms with Crippen LogP contribution < -0.4 is 67.8 Å². The molecule has 0 aromatic heterocycles. The molecule has 15 bridgehead atoms. The van der Waals surface area contributed by atoms with E-state index < -0.39 is 267 Å². The van der Waals surface area contributed by atoms with Crippen LogP contribution >= 0.6 is 23.2 Å². The van der Waals surface area contributed by atoms with Crippen molar-refractivity contribution < 1.29 is 132 Å². The Balaban J connectivity index is 1.00. The van der Waals surface area contributed by atoms with Crippen LogP contribution in [0.25, 0.3) is 11.1 Å². The first-order valence-electron chi connectivity index (χ1n) is 40.9. The summed E-state index contributed by atoms with van der Waals surface area (Å²) in [6.45, 7) is 14.8. The number of halogens is 2. The first-order chi connectivity index (χ1) is 58.3. The van der Waals surface area contributed by atoms with Crippen molar-refractivity contribution in [3.8, 4) is 57.1 Å². The number of aliphatic hydroxyl groups excluding tert-OH is 6. The van der Waals surface area contributed by atoms with Gasteiger partial charge in [-0.05, 0) is 206 Å². The lowest BCUT2D eigenvalue weighted by atomic mass is 9.54. The number of fused-ring (bicyclic) bond motifs is 15. The van der Waals surface area contributed by atoms with Gasteiger partial charge >= 0.3 is 12.2 Å². The molecular weight excluding hydrogens is 1660 g/mol. The number of hydrogen-bond acceptors (Lipinski definition) is 27. The predicted molar refractivity (Wildman–Crippen MR) is 436 cm³/mol. The molecule has 18 atom stereocenters. The summed E-state index contributed by atoms with van der Waals surface area (Å²) in [5, 5.41) is 130. The molecule has 6 fully saturated rings. The molecular formula is C85H104Cl2N10O27. The Bertz CT molecular complexity index is 4960. The third-order valence-corrected chi connectivity index (χ3v) is 24.0. The summed E-state index contributed by atoms with van der Waals surface area (Å²) < 4.78 is 50.2. The third-order valence-electron chi connectivity index (χ3n) is 23.4. The highest BCUT2D eigenvalue weighted by atomic mass is 35.5. The Morgan fingerprint density at radius 3 is 1.81 bits per heavy atom. The number of carbonyl (C=O) groups is 10. The summed E-state index contributed by atoms with van der Waals surface area (Å²) in [6, 6.07) is -0.992. The molecule has 7 aliphatic heterocycles. The van der Waals surface area contributed by atoms with Crippen molar-refractivity contribution >= 4 is 82.6 Å². The molecule has 5 aromatic carbocycles. The van der Waals surface area contributed by atoms with Crippen molar-refractivity contribution in [2.75, 3.05) is 6.61 Å². The van der Waals surface area contributed by atoms with Crippen molar-refractivity contribution in [2.45, 2.75) is 247 Å². The molecule has 37 nitrogen and oxygen atoms in total. The molecule has 10 amide bonds. The van der Waals surface area contributed by atoms with Crippen LogP contribution in [0.2, 0.25) is 10.0 Å². The minimum absolute atomic E-state index is 0.0491. The van der Waals surface area contributed by atoms with Gasteiger partial charge in [-0.2, -0.15) is 0 Å². The van der Waals surface area contributed by atoms with Crippen LogP contribution in [-0.4, -0.2) is 208 Å². The van der Waals surface area contributed by atoms with Gasteiger partial charge in [0.15, 0.2) is 23.9 Å². The number of aromatic hydroxyl groups is 3. The Hall–Kier alpha value is -10.6. The summed E-state index contributed by atoms with van der Waals surface area (Å²) in [4.78, 5) is 150. The number of rotatable bonds is 15. The van der Waals surface area contributed by atoms with Crippen LogP contribution in [0.3, 0.4) is 0 Å². The lowest BCUT2D eigenvalue weighted by molar-refractivity contribution is -0.334. The molecule has 2 saturated heterocycles. The molecule has 9 unspecified atom stereocenters. The van der Waals surface area contributed by atoms with Crippen LogP contribution in [0.4, 0.5) is 9.59 Å². The number of phenols is 3. The molecule has 670 valence electrons. The molecule has 39 heteroatoms. The summed E-state index contributed by atoms with van der Waals surface area (Å²) in [5.41, 5.74) is -0.268. The van der Waals surface area contributed by atoms with Gasteiger partial charge in [0.05, 0.1) is 34.7 Å². The first kappa shape index (κ1) is 91.1. The van der Waals surface area contributed by atoms with Gasteiger partial charge in [0.25, 0.3) is 0 Å². The lowest BCUT2D eigenvalue weighted by Crippen LogP contribution is -2.66. The highest BCUT2D eigenvalue weighted by Crippen LogP contribution is 2.55. The van der Waals surface area contributed by atoms with Crippen LogP contribution in [0.15, 0.2) is 78.9 Å². The van der Waals surface area contributed by atoms with E-state index in [1.807, 2.05) is 0 Å². The number of hydrogen-bond donors (Lipinski definition) is 19. The number of aliphatic hydroxyl groups is 6. The highest BCUT2D eigenvalue weighted by Gasteiger charge is 2.54. The topological polar surface area (TPSA) is 561 Å². The fourth-order valence-corrected chi connectivity index (χ4v) is 18.3. The lowest BCUT2D eigenvalue weighted by Gasteiger charge is -2.54. The number of primary amides is 1. The van der Waals surface area contributed by atoms with E-state index in [9.17, 15) is 65.1 Å². The molecule has 0 spiro atoms. The van der Waals surface area contributed by atoms with Crippen molar-refractivity contribution in [3.05, 3.63) is 117 Å². The van der Waals surface area contributed by atoms with Crippen LogP contribution in [0, 0.1) is 29.6 Å². The van der Waals surface area contributed by atoms with E-state index in [4.69, 9.17) is 66.8 Å². The predicted octanol–water partition coefficient (Wildman–Crippen LogP) is 4.83. The molecule has 16 rings (SSSR count). The van der Waals surface area contributed by atoms with Gasteiger partial charge in [-0.1, -0.05) is 55.2 Å². The Morgan fingerprint density at radius 1 is 0.637 bits per heavy atom. The Kier molecular flexibility index (Phi) is 26.6. The average molecular weight is 1770 g/mol. The number of phenolic OH excluding ortho intramolecular Hbond substituents is 3. The van der Waals surface area contributed by atoms with E-state index in [1.54, 1.807) is 55.4 Å². The number of nitrogens with one attached hydrogen (secondary N) is 9. The maximum absolute atomic E-state index is 16.5. The smallest absolute Gasteiger partial charge is 0.408 e. The summed E-state index contributed by atoms with van der Waals surface area (Å²) in [7, 11) is 0. The largest absolute Gasteiger partial charge is 0.508 e. The maximum Gasteiger partial charge on any atom is 0.408 e. The van der Waals surface area contributed by atoms with E-state index in [0.717, 1.165) is 98.8 Å². The van der Waals surface area contributed by atoms with E-state index in [2.05, 4.69) is 47.9 Å². The van der Waals surface area contributed by atoms with E-state index in [1.165, 1.54) is 26.0 Å². The zero-order valence-electron chi connectivity index (χ0n) is 69.4. The molecule has 20 N–H and O–H groups in total. The molecule has 0 radical (unpaired) electrons. The molecule has 4 aliphatic carbocycles. The standard InChI is InChI=1S/C85H104Cl2N10O27/c1-33(2)17-48(90-81(115)123-83(4,5)6)73(108)95-64-66(103)38-12-15-52(46(86)24-38)118-54-26-42-27-55(70(54)122-80-71(69(106)68(105)56(32-98)120-80)121-58-31-85(10,72(107)34(3)117-58)97-82(116)124-84(7,8)9)119-53-16-13-39(25-47(53)87)67(104)65-79(114)94-63(77(112)91-60-40-19-35-18-36(21-40)22-41(60)20-35)45-28-43(99)29-51(101)59(45)44-23-37(11-14-50(44)100)61(75(110)96-65)93-76(111)62(42)92-74(109)49(30-57(88)102)89-78(64)113/h11-16,23-29,33-36,40-41,48-49,56,58,60-69,71-72,80,98-101,103-107H,17-22,30-32H2,1-10H3,(H2,88,102)(H,89,113)(H,90,115)(H,91,112)(H,92,109)(H,93,111)(H,94,114)(H,95,108)(H,96,110)(H,97,116)/t34?,35?,36?,40?,41?,48-,49+,56?,58?,60?,61-,62-,63+,64-,65-,66-,67-,68?,69?,71?,72?,80?,85?/m1/s1. The van der Waals surface area contributed by atoms with Crippen molar-refractivity contribution in [1.29, 1.82) is 0 Å². The molecule has 124 heavy (non-hydrogen) atoms. The van der Waals surface area contributed by atoms with Crippen LogP contribution in [0.1, 0.15) is 179 Å². The quantitative estimate of drug-likeness (QED) is 0.0667. The average Bonchev–Trinajstić information content (AvgIpc) is 0.767. The third kappa shape index (κ3) is 20.0. The number of carbonyl (C=O) groups excluding carboxylic acids is 10. The van der Waals surface area contributed by atoms with Crippen LogP contribution in [0.5, 0.6) is 46.0 Å². The second-order valence-electron chi connectivity index (χ2n) is 35.7. The second-order valence-corrected chi connectivity index (χ2v) is 36.6. The van der Waals surface area contributed by atoms with Crippen molar-refractivity contribution in [3.63, 3.8) is 0 Å². The fraction of sp³-hybridized carbons (Fsp3) is 0.529. The summed E-state index contributed by atoms with van der Waals surface area (Å²) >= 11 is 14.5. The van der Waals surface area contributed by atoms with Crippen LogP contribution in [-0.2, 0) is 62.0 Å². The van der Waals surface area contributed by atoms with Gasteiger partial charge in [-0.25, -0.2) is 9.59 Å². The van der Waals surface area contributed by atoms with E-state index in [0.29, 0.717) is 11.8 Å². The zero-order chi connectivity index (χ0) is 89.9. The highest BCUT2D eigenvalue weighted by molar-refractivity contribution is 6.32. The SMILES string of the molecule is CC(C)C[C@@H](NC(=O)OC(C)(C)C)C(=O)N[C@H]1C(=O)N[C@@H](CC(N)=O)C(=O)N[C@H]2C(=O)N[C@H]3C(=O)N[C@@H](C(=O)N[C@H](C(=O)NC4C5CC6CC(C5)CC4C6)c4cc(O)cc(O)c4-c4cc3ccc4O)[C@H](O)c3ccc(c(Cl)c3)Oc3cc2cc(c3OC2OC(CO)C(O)C(O)C2OC2CC(C)(NC(=O)OC(C)(C)C)C(O)C(C)O2)Oc2ccc(cc2Cl)[C@H]1O. The molecule has 4 saturated carbocycles. The van der Waals surface area contributed by atoms with Crippen molar-refractivity contribution in [2.24, 2.45) is 35.3 Å². The normalized spacial score (nSPS) is 30.7. The number of benzene rings is 5. The number of ether oxygens (including phenoxy) is 8. The Labute approximate surface area is 721 Å². The minimum Gasteiger partial charge on any atom is -0.508 e. The van der Waals surface area contributed by atoms with Gasteiger partial charge in [-0.15, -0.1) is 0 Å². The molecule has 11 aliphatic rings. The first-order valence-corrected chi connectivity index (χ1v) is 41.6. The van der Waals surface area contributed by atoms with Gasteiger partial charge < -0.3 is 137 Å². The van der Waals surface area contributed by atoms with Gasteiger partial charge in [0.1, 0.15) is 119 Å². The number of amides is 10. The second kappa shape index (κ2) is 36.2. The summed E-state index contributed by atoms with van der Waals surface area (Å²) in [5.74, 6) is -14.5. The van der Waals surface area contributed by atoms with Gasteiger partial charge in [-0.3, -0.25) is 38.4 Å². The van der Waals surface area contributed by atoms with E-state index >= 15 is 28.8 Å². The summed E-state index contributed by atoms with van der Waals surface area (Å²) in [6.07, 6.45) is -18.0. The number of nitrogens with two attached hydrogens (primary N) is 1. The molecule has 5 aromatic rings. The van der Waals surface area contributed by atoms with Gasteiger partial charge in [0, 0.05) is 29.7 Å². The Morgan fingerprint density at radius 2 is 1.22 bits per heavy atom. The monoisotopic (exact) mass is 1770 g/mol.